The second-order valence-corrected chi connectivity index (χ2v) is 12.9. The smallest absolute Gasteiger partial charge is 0.410 e. The van der Waals surface area contributed by atoms with Crippen molar-refractivity contribution in [1.29, 1.82) is 0 Å². The molecule has 1 aromatic heterocycles. The Hall–Kier alpha value is -3.42. The lowest BCUT2D eigenvalue weighted by Crippen LogP contribution is -2.66. The molecule has 41 heavy (non-hydrogen) atoms. The van der Waals surface area contributed by atoms with Gasteiger partial charge < -0.3 is 19.1 Å². The number of aromatic nitrogens is 1. The van der Waals surface area contributed by atoms with Gasteiger partial charge in [-0.2, -0.15) is 0 Å². The highest BCUT2D eigenvalue weighted by Crippen LogP contribution is 2.50. The van der Waals surface area contributed by atoms with Gasteiger partial charge in [0.2, 0.25) is 0 Å². The van der Waals surface area contributed by atoms with Crippen LogP contribution in [0.3, 0.4) is 0 Å². The molecule has 1 spiro atoms. The fourth-order valence-corrected chi connectivity index (χ4v) is 6.45. The lowest BCUT2D eigenvalue weighted by atomic mass is 9.62. The number of ether oxygens (including phenoxy) is 3. The Balaban J connectivity index is 1.14. The van der Waals surface area contributed by atoms with Gasteiger partial charge in [0.15, 0.2) is 0 Å². The minimum absolute atomic E-state index is 0.0479. The Kier molecular flexibility index (Phi) is 7.75. The summed E-state index contributed by atoms with van der Waals surface area (Å²) in [6, 6.07) is 23.0. The number of rotatable bonds is 8. The summed E-state index contributed by atoms with van der Waals surface area (Å²) in [5, 5.41) is 0. The number of nitrogens with zero attached hydrogens (tertiary/aromatic N) is 3. The molecule has 216 valence electrons. The average molecular weight is 556 g/mol. The molecule has 7 heteroatoms. The first kappa shape index (κ1) is 27.7. The highest BCUT2D eigenvalue weighted by Gasteiger charge is 2.55. The lowest BCUT2D eigenvalue weighted by Gasteiger charge is -2.58. The molecule has 2 fully saturated rings. The van der Waals surface area contributed by atoms with Gasteiger partial charge in [0.05, 0.1) is 24.9 Å². The largest absolute Gasteiger partial charge is 0.490 e. The Morgan fingerprint density at radius 3 is 2.34 bits per heavy atom. The summed E-state index contributed by atoms with van der Waals surface area (Å²) in [5.74, 6) is 0.921. The van der Waals surface area contributed by atoms with Crippen LogP contribution in [0.1, 0.15) is 62.0 Å². The van der Waals surface area contributed by atoms with Crippen LogP contribution in [-0.2, 0) is 29.0 Å². The zero-order chi connectivity index (χ0) is 28.5. The van der Waals surface area contributed by atoms with Crippen LogP contribution in [0, 0.1) is 5.41 Å². The van der Waals surface area contributed by atoms with E-state index in [1.165, 1.54) is 11.1 Å². The summed E-state index contributed by atoms with van der Waals surface area (Å²) in [5.41, 5.74) is 4.41. The second-order valence-electron chi connectivity index (χ2n) is 12.9. The van der Waals surface area contributed by atoms with Crippen LogP contribution in [0.2, 0.25) is 0 Å². The van der Waals surface area contributed by atoms with E-state index >= 15 is 0 Å². The zero-order valence-corrected chi connectivity index (χ0v) is 24.4. The molecule has 3 aromatic rings. The van der Waals surface area contributed by atoms with Crippen LogP contribution in [-0.4, -0.2) is 58.8 Å². The lowest BCUT2D eigenvalue weighted by molar-refractivity contribution is -0.117. The summed E-state index contributed by atoms with van der Waals surface area (Å²) in [7, 11) is 0. The molecule has 1 atom stereocenters. The first-order valence-electron chi connectivity index (χ1n) is 14.8. The minimum Gasteiger partial charge on any atom is -0.490 e. The zero-order valence-electron chi connectivity index (χ0n) is 24.4. The van der Waals surface area contributed by atoms with Crippen LogP contribution in [0.25, 0.3) is 0 Å². The van der Waals surface area contributed by atoms with Gasteiger partial charge in [-0.25, -0.2) is 4.79 Å². The van der Waals surface area contributed by atoms with Crippen molar-refractivity contribution in [3.8, 4) is 5.75 Å². The van der Waals surface area contributed by atoms with Gasteiger partial charge in [-0.05, 0) is 50.8 Å². The average Bonchev–Trinajstić information content (AvgIpc) is 2.90. The molecule has 1 saturated carbocycles. The van der Waals surface area contributed by atoms with E-state index in [2.05, 4.69) is 47.4 Å². The van der Waals surface area contributed by atoms with Crippen molar-refractivity contribution in [3.63, 3.8) is 0 Å². The number of hydrogen-bond acceptors (Lipinski definition) is 6. The van der Waals surface area contributed by atoms with Crippen LogP contribution >= 0.6 is 0 Å². The van der Waals surface area contributed by atoms with Crippen LogP contribution in [0.5, 0.6) is 5.75 Å². The molecule has 3 aliphatic rings. The standard InChI is InChI=1S/C34H41N3O4/c1-33(2,3)41-32(38)37-23-34(24-37)18-27(19-34)40-30-14-16-35-28-15-17-36(20-25-10-6-4-7-11-25)29(31(28)30)22-39-21-26-12-8-5-9-13-26/h4-14,16,27,29H,15,17-24H2,1-3H3. The van der Waals surface area contributed by atoms with Crippen molar-refractivity contribution in [1.82, 2.24) is 14.8 Å². The topological polar surface area (TPSA) is 64.1 Å². The van der Waals surface area contributed by atoms with Gasteiger partial charge in [0.1, 0.15) is 17.5 Å². The van der Waals surface area contributed by atoms with Crippen molar-refractivity contribution < 1.29 is 19.0 Å². The van der Waals surface area contributed by atoms with Gasteiger partial charge >= 0.3 is 6.09 Å². The molecule has 6 rings (SSSR count). The van der Waals surface area contributed by atoms with E-state index in [4.69, 9.17) is 19.2 Å². The van der Waals surface area contributed by atoms with E-state index in [-0.39, 0.29) is 23.7 Å². The summed E-state index contributed by atoms with van der Waals surface area (Å²) in [6.07, 6.45) is 4.59. The summed E-state index contributed by atoms with van der Waals surface area (Å²) in [4.78, 5) is 21.5. The number of pyridine rings is 1. The first-order valence-corrected chi connectivity index (χ1v) is 14.8. The maximum Gasteiger partial charge on any atom is 0.410 e. The molecule has 7 nitrogen and oxygen atoms in total. The van der Waals surface area contributed by atoms with Crippen molar-refractivity contribution in [2.24, 2.45) is 5.41 Å². The Morgan fingerprint density at radius 2 is 1.66 bits per heavy atom. The molecule has 1 amide bonds. The fourth-order valence-electron chi connectivity index (χ4n) is 6.45. The molecule has 3 heterocycles. The minimum atomic E-state index is -0.471. The van der Waals surface area contributed by atoms with Crippen LogP contribution in [0.4, 0.5) is 4.79 Å². The normalized spacial score (nSPS) is 20.2. The van der Waals surface area contributed by atoms with Gasteiger partial charge in [-0.3, -0.25) is 9.88 Å². The van der Waals surface area contributed by atoms with E-state index in [0.29, 0.717) is 13.2 Å². The Morgan fingerprint density at radius 1 is 0.976 bits per heavy atom. The molecular weight excluding hydrogens is 514 g/mol. The molecule has 1 saturated heterocycles. The number of fused-ring (bicyclic) bond motifs is 1. The van der Waals surface area contributed by atoms with Crippen molar-refractivity contribution in [3.05, 3.63) is 95.3 Å². The first-order chi connectivity index (χ1) is 19.8. The third kappa shape index (κ3) is 6.41. The fraction of sp³-hybridized carbons (Fsp3) is 0.471. The number of hydrogen-bond donors (Lipinski definition) is 0. The Bertz CT molecular complexity index is 1330. The molecule has 0 bridgehead atoms. The maximum atomic E-state index is 12.4. The van der Waals surface area contributed by atoms with Crippen molar-refractivity contribution >= 4 is 6.09 Å². The highest BCUT2D eigenvalue weighted by molar-refractivity contribution is 5.69. The number of benzene rings is 2. The molecule has 1 aliphatic carbocycles. The van der Waals surface area contributed by atoms with Crippen LogP contribution in [0.15, 0.2) is 72.9 Å². The number of likely N-dealkylation sites (tertiary alicyclic amines) is 1. The van der Waals surface area contributed by atoms with Gasteiger partial charge in [0, 0.05) is 49.8 Å². The predicted octanol–water partition coefficient (Wildman–Crippen LogP) is 6.18. The number of carbonyl (C=O) groups excluding carboxylic acids is 1. The molecule has 1 unspecified atom stereocenters. The SMILES string of the molecule is CC(C)(C)OC(=O)N1CC2(CC(Oc3ccnc4c3C(COCc3ccccc3)N(Cc3ccccc3)CC4)C2)C1. The molecule has 2 aromatic carbocycles. The van der Waals surface area contributed by atoms with Gasteiger partial charge in [0.25, 0.3) is 0 Å². The second kappa shape index (κ2) is 11.5. The quantitative estimate of drug-likeness (QED) is 0.331. The predicted molar refractivity (Wildman–Crippen MR) is 158 cm³/mol. The van der Waals surface area contributed by atoms with Gasteiger partial charge in [-0.1, -0.05) is 60.7 Å². The summed E-state index contributed by atoms with van der Waals surface area (Å²) < 4.78 is 18.6. The molecular formula is C34H41N3O4. The number of amides is 1. The molecule has 0 N–H and O–H groups in total. The summed E-state index contributed by atoms with van der Waals surface area (Å²) >= 11 is 0. The van der Waals surface area contributed by atoms with Crippen LogP contribution < -0.4 is 4.74 Å². The number of carbonyl (C=O) groups is 1. The highest BCUT2D eigenvalue weighted by atomic mass is 16.6. The maximum absolute atomic E-state index is 12.4. The van der Waals surface area contributed by atoms with E-state index in [0.717, 1.165) is 62.4 Å². The molecule has 0 radical (unpaired) electrons. The van der Waals surface area contributed by atoms with Crippen molar-refractivity contribution in [2.45, 2.75) is 70.9 Å². The van der Waals surface area contributed by atoms with Gasteiger partial charge in [-0.15, -0.1) is 0 Å². The monoisotopic (exact) mass is 555 g/mol. The van der Waals surface area contributed by atoms with E-state index < -0.39 is 5.60 Å². The third-order valence-electron chi connectivity index (χ3n) is 8.38. The van der Waals surface area contributed by atoms with E-state index in [1.54, 1.807) is 0 Å². The third-order valence-corrected chi connectivity index (χ3v) is 8.38. The van der Waals surface area contributed by atoms with Crippen molar-refractivity contribution in [2.75, 3.05) is 26.2 Å². The van der Waals surface area contributed by atoms with E-state index in [1.807, 2.05) is 56.1 Å². The Labute approximate surface area is 243 Å². The summed E-state index contributed by atoms with van der Waals surface area (Å²) in [6.45, 7) is 10.1. The molecule has 2 aliphatic heterocycles. The van der Waals surface area contributed by atoms with E-state index in [9.17, 15) is 4.79 Å².